The molecule has 1 aromatic heterocycles. The summed E-state index contributed by atoms with van der Waals surface area (Å²) in [6.07, 6.45) is 0. The predicted octanol–water partition coefficient (Wildman–Crippen LogP) is 1.00. The number of methoxy groups -OCH3 is 1. The van der Waals surface area contributed by atoms with E-state index in [9.17, 15) is 14.4 Å². The van der Waals surface area contributed by atoms with Crippen LogP contribution >= 0.6 is 0 Å². The van der Waals surface area contributed by atoms with E-state index in [1.807, 2.05) is 18.2 Å². The Morgan fingerprint density at radius 3 is 2.50 bits per heavy atom. The van der Waals surface area contributed by atoms with E-state index in [-0.39, 0.29) is 24.4 Å². The highest BCUT2D eigenvalue weighted by atomic mass is 16.5. The first kappa shape index (κ1) is 19.2. The maximum atomic E-state index is 12.3. The Morgan fingerprint density at radius 1 is 1.15 bits per heavy atom. The Kier molecular flexibility index (Phi) is 6.11. The van der Waals surface area contributed by atoms with Gasteiger partial charge in [-0.2, -0.15) is 5.10 Å². The summed E-state index contributed by atoms with van der Waals surface area (Å²) in [5.74, 6) is -0.497. The SMILES string of the molecule is COC(=O)C(C)(C)NC(=O)c1ccc(=O)n(CCOc2ccccc2)n1. The highest BCUT2D eigenvalue weighted by Crippen LogP contribution is 2.08. The fraction of sp³-hybridized carbons (Fsp3) is 0.333. The number of carbonyl (C=O) groups excluding carboxylic acids is 2. The molecule has 0 bridgehead atoms. The van der Waals surface area contributed by atoms with Crippen molar-refractivity contribution in [2.75, 3.05) is 13.7 Å². The molecule has 0 radical (unpaired) electrons. The van der Waals surface area contributed by atoms with Crippen molar-refractivity contribution in [1.82, 2.24) is 15.1 Å². The number of carbonyl (C=O) groups is 2. The third-order valence-electron chi connectivity index (χ3n) is 3.54. The fourth-order valence-electron chi connectivity index (χ4n) is 2.15. The van der Waals surface area contributed by atoms with Crippen LogP contribution in [-0.4, -0.2) is 40.9 Å². The normalized spacial score (nSPS) is 10.9. The number of hydrogen-bond donors (Lipinski definition) is 1. The molecule has 0 saturated heterocycles. The van der Waals surface area contributed by atoms with Crippen LogP contribution < -0.4 is 15.6 Å². The fourth-order valence-corrected chi connectivity index (χ4v) is 2.15. The standard InChI is InChI=1S/C18H21N3O5/c1-18(2,17(24)25-3)19-16(23)14-9-10-15(22)21(20-14)11-12-26-13-7-5-4-6-8-13/h4-10H,11-12H2,1-3H3,(H,19,23). The quantitative estimate of drug-likeness (QED) is 0.741. The summed E-state index contributed by atoms with van der Waals surface area (Å²) in [5.41, 5.74) is -1.56. The van der Waals surface area contributed by atoms with Crippen molar-refractivity contribution in [2.45, 2.75) is 25.9 Å². The smallest absolute Gasteiger partial charge is 0.330 e. The maximum Gasteiger partial charge on any atom is 0.330 e. The molecule has 0 atom stereocenters. The van der Waals surface area contributed by atoms with Crippen LogP contribution in [0.1, 0.15) is 24.3 Å². The van der Waals surface area contributed by atoms with Crippen LogP contribution in [-0.2, 0) is 16.1 Å². The molecule has 2 rings (SSSR count). The van der Waals surface area contributed by atoms with Crippen molar-refractivity contribution < 1.29 is 19.1 Å². The third-order valence-corrected chi connectivity index (χ3v) is 3.54. The van der Waals surface area contributed by atoms with Crippen LogP contribution in [0.5, 0.6) is 5.75 Å². The summed E-state index contributed by atoms with van der Waals surface area (Å²) in [6, 6.07) is 11.7. The van der Waals surface area contributed by atoms with Crippen molar-refractivity contribution in [3.05, 3.63) is 58.5 Å². The van der Waals surface area contributed by atoms with Gasteiger partial charge < -0.3 is 14.8 Å². The molecule has 1 heterocycles. The number of nitrogens with zero attached hydrogens (tertiary/aromatic N) is 2. The molecule has 8 nitrogen and oxygen atoms in total. The molecule has 1 aromatic carbocycles. The molecule has 1 N–H and O–H groups in total. The summed E-state index contributed by atoms with van der Waals surface area (Å²) in [5, 5.41) is 6.56. The number of aromatic nitrogens is 2. The van der Waals surface area contributed by atoms with Gasteiger partial charge in [0, 0.05) is 6.07 Å². The Bertz CT molecular complexity index is 830. The third kappa shape index (κ3) is 4.92. The van der Waals surface area contributed by atoms with Crippen molar-refractivity contribution in [3.8, 4) is 5.75 Å². The van der Waals surface area contributed by atoms with E-state index < -0.39 is 17.4 Å². The van der Waals surface area contributed by atoms with Gasteiger partial charge in [-0.05, 0) is 32.0 Å². The lowest BCUT2D eigenvalue weighted by Crippen LogP contribution is -2.50. The Hall–Kier alpha value is -3.16. The zero-order valence-corrected chi connectivity index (χ0v) is 14.9. The lowest BCUT2D eigenvalue weighted by atomic mass is 10.1. The van der Waals surface area contributed by atoms with Crippen LogP contribution in [0.4, 0.5) is 0 Å². The largest absolute Gasteiger partial charge is 0.492 e. The Balaban J connectivity index is 2.05. The van der Waals surface area contributed by atoms with E-state index in [0.717, 1.165) is 4.68 Å². The highest BCUT2D eigenvalue weighted by molar-refractivity contribution is 5.96. The molecule has 138 valence electrons. The van der Waals surface area contributed by atoms with E-state index in [1.165, 1.54) is 33.1 Å². The first-order valence-electron chi connectivity index (χ1n) is 8.00. The predicted molar refractivity (Wildman–Crippen MR) is 94.0 cm³/mol. The summed E-state index contributed by atoms with van der Waals surface area (Å²) in [4.78, 5) is 35.9. The van der Waals surface area contributed by atoms with E-state index >= 15 is 0 Å². The molecule has 0 saturated carbocycles. The number of esters is 1. The van der Waals surface area contributed by atoms with Gasteiger partial charge in [0.25, 0.3) is 11.5 Å². The Morgan fingerprint density at radius 2 is 1.85 bits per heavy atom. The van der Waals surface area contributed by atoms with Crippen molar-refractivity contribution in [3.63, 3.8) is 0 Å². The molecule has 0 fully saturated rings. The maximum absolute atomic E-state index is 12.3. The van der Waals surface area contributed by atoms with Gasteiger partial charge in [0.1, 0.15) is 23.6 Å². The van der Waals surface area contributed by atoms with Gasteiger partial charge in [-0.25, -0.2) is 9.48 Å². The highest BCUT2D eigenvalue weighted by Gasteiger charge is 2.31. The zero-order valence-electron chi connectivity index (χ0n) is 14.9. The van der Waals surface area contributed by atoms with Gasteiger partial charge >= 0.3 is 5.97 Å². The van der Waals surface area contributed by atoms with Crippen LogP contribution in [0.3, 0.4) is 0 Å². The van der Waals surface area contributed by atoms with Crippen LogP contribution in [0, 0.1) is 0 Å². The van der Waals surface area contributed by atoms with Gasteiger partial charge in [0.05, 0.1) is 13.7 Å². The number of rotatable bonds is 7. The van der Waals surface area contributed by atoms with E-state index in [1.54, 1.807) is 12.1 Å². The lowest BCUT2D eigenvalue weighted by Gasteiger charge is -2.22. The van der Waals surface area contributed by atoms with Gasteiger partial charge in [-0.15, -0.1) is 0 Å². The van der Waals surface area contributed by atoms with E-state index in [0.29, 0.717) is 5.75 Å². The first-order valence-corrected chi connectivity index (χ1v) is 8.00. The lowest BCUT2D eigenvalue weighted by molar-refractivity contribution is -0.146. The molecule has 0 spiro atoms. The number of amides is 1. The topological polar surface area (TPSA) is 99.5 Å². The molecule has 26 heavy (non-hydrogen) atoms. The molecule has 0 aliphatic carbocycles. The molecule has 2 aromatic rings. The number of ether oxygens (including phenoxy) is 2. The van der Waals surface area contributed by atoms with Crippen LogP contribution in [0.2, 0.25) is 0 Å². The average molecular weight is 359 g/mol. The first-order chi connectivity index (χ1) is 12.3. The molecule has 0 aliphatic rings. The monoisotopic (exact) mass is 359 g/mol. The minimum atomic E-state index is -1.22. The number of para-hydroxylation sites is 1. The van der Waals surface area contributed by atoms with Gasteiger partial charge in [0.2, 0.25) is 0 Å². The van der Waals surface area contributed by atoms with Gasteiger partial charge in [-0.3, -0.25) is 9.59 Å². The van der Waals surface area contributed by atoms with Gasteiger partial charge in [0.15, 0.2) is 0 Å². The average Bonchev–Trinajstić information content (AvgIpc) is 2.63. The number of hydrogen-bond acceptors (Lipinski definition) is 6. The molecule has 0 unspecified atom stereocenters. The summed E-state index contributed by atoms with van der Waals surface area (Å²) in [7, 11) is 1.24. The second-order valence-electron chi connectivity index (χ2n) is 6.01. The van der Waals surface area contributed by atoms with E-state index in [4.69, 9.17) is 4.74 Å². The van der Waals surface area contributed by atoms with E-state index in [2.05, 4.69) is 15.2 Å². The molecular formula is C18H21N3O5. The van der Waals surface area contributed by atoms with Crippen molar-refractivity contribution in [2.24, 2.45) is 0 Å². The second-order valence-corrected chi connectivity index (χ2v) is 6.01. The molecule has 8 heteroatoms. The number of nitrogens with one attached hydrogen (secondary N) is 1. The minimum Gasteiger partial charge on any atom is -0.492 e. The summed E-state index contributed by atoms with van der Waals surface area (Å²) in [6.45, 7) is 3.42. The molecule has 1 amide bonds. The summed E-state index contributed by atoms with van der Waals surface area (Å²) < 4.78 is 11.3. The summed E-state index contributed by atoms with van der Waals surface area (Å²) >= 11 is 0. The second kappa shape index (κ2) is 8.28. The van der Waals surface area contributed by atoms with Crippen LogP contribution in [0.25, 0.3) is 0 Å². The van der Waals surface area contributed by atoms with Gasteiger partial charge in [-0.1, -0.05) is 18.2 Å². The Labute approximate surface area is 150 Å². The minimum absolute atomic E-state index is 0.0151. The molecule has 0 aliphatic heterocycles. The molecular weight excluding hydrogens is 338 g/mol. The van der Waals surface area contributed by atoms with Crippen molar-refractivity contribution in [1.29, 1.82) is 0 Å². The van der Waals surface area contributed by atoms with Crippen LogP contribution in [0.15, 0.2) is 47.3 Å². The zero-order chi connectivity index (χ0) is 19.2. The number of benzene rings is 1. The van der Waals surface area contributed by atoms with Crippen molar-refractivity contribution >= 4 is 11.9 Å².